The molecule has 0 unspecified atom stereocenters. The molecular formula is C20H21N3O4S. The second-order valence-electron chi connectivity index (χ2n) is 6.63. The van der Waals surface area contributed by atoms with Gasteiger partial charge in [0.25, 0.3) is 5.91 Å². The number of benzene rings is 2. The van der Waals surface area contributed by atoms with Crippen LogP contribution >= 0.6 is 11.3 Å². The lowest BCUT2D eigenvalue weighted by atomic mass is 10.2. The maximum atomic E-state index is 13.3. The SMILES string of the molecule is COc1cccc2sc(N(CCN(C)C)C(=O)c3ccc4c(c3)OCO4)nc12. The Morgan fingerprint density at radius 2 is 2.00 bits per heavy atom. The molecule has 0 fully saturated rings. The normalized spacial score (nSPS) is 12.6. The number of hydrogen-bond donors (Lipinski definition) is 0. The summed E-state index contributed by atoms with van der Waals surface area (Å²) in [6, 6.07) is 11.0. The lowest BCUT2D eigenvalue weighted by Crippen LogP contribution is -2.36. The van der Waals surface area contributed by atoms with Crippen molar-refractivity contribution in [3.63, 3.8) is 0 Å². The Balaban J connectivity index is 1.71. The van der Waals surface area contributed by atoms with E-state index in [9.17, 15) is 4.79 Å². The number of ether oxygens (including phenoxy) is 3. The second kappa shape index (κ2) is 7.65. The Hall–Kier alpha value is -2.84. The minimum absolute atomic E-state index is 0.127. The van der Waals surface area contributed by atoms with Crippen molar-refractivity contribution >= 4 is 32.6 Å². The molecule has 0 bridgehead atoms. The number of carbonyl (C=O) groups excluding carboxylic acids is 1. The number of para-hydroxylation sites is 1. The molecule has 8 heteroatoms. The molecule has 1 aromatic heterocycles. The van der Waals surface area contributed by atoms with E-state index in [2.05, 4.69) is 0 Å². The van der Waals surface area contributed by atoms with Gasteiger partial charge in [0.1, 0.15) is 11.3 Å². The van der Waals surface area contributed by atoms with Crippen molar-refractivity contribution in [1.82, 2.24) is 9.88 Å². The van der Waals surface area contributed by atoms with E-state index in [1.807, 2.05) is 37.2 Å². The van der Waals surface area contributed by atoms with Crippen LogP contribution in [0, 0.1) is 0 Å². The first kappa shape index (κ1) is 18.5. The maximum Gasteiger partial charge on any atom is 0.260 e. The Morgan fingerprint density at radius 1 is 1.18 bits per heavy atom. The van der Waals surface area contributed by atoms with Crippen LogP contribution in [0.3, 0.4) is 0 Å². The third-order valence-electron chi connectivity index (χ3n) is 4.46. The van der Waals surface area contributed by atoms with Crippen LogP contribution in [0.5, 0.6) is 17.2 Å². The predicted molar refractivity (Wildman–Crippen MR) is 109 cm³/mol. The van der Waals surface area contributed by atoms with E-state index in [4.69, 9.17) is 19.2 Å². The fourth-order valence-corrected chi connectivity index (χ4v) is 3.97. The summed E-state index contributed by atoms with van der Waals surface area (Å²) in [4.78, 5) is 21.8. The van der Waals surface area contributed by atoms with Crippen LogP contribution in [0.2, 0.25) is 0 Å². The van der Waals surface area contributed by atoms with Crippen molar-refractivity contribution in [2.24, 2.45) is 0 Å². The zero-order chi connectivity index (χ0) is 19.7. The summed E-state index contributed by atoms with van der Waals surface area (Å²) in [5.41, 5.74) is 1.30. The summed E-state index contributed by atoms with van der Waals surface area (Å²) in [5, 5.41) is 0.643. The van der Waals surface area contributed by atoms with Crippen molar-refractivity contribution in [1.29, 1.82) is 0 Å². The van der Waals surface area contributed by atoms with Gasteiger partial charge in [-0.05, 0) is 44.4 Å². The fraction of sp³-hybridized carbons (Fsp3) is 0.300. The van der Waals surface area contributed by atoms with Gasteiger partial charge in [-0.1, -0.05) is 17.4 Å². The first-order valence-corrected chi connectivity index (χ1v) is 9.68. The molecule has 7 nitrogen and oxygen atoms in total. The van der Waals surface area contributed by atoms with Crippen molar-refractivity contribution in [3.05, 3.63) is 42.0 Å². The molecular weight excluding hydrogens is 378 g/mol. The van der Waals surface area contributed by atoms with Gasteiger partial charge in [0.2, 0.25) is 6.79 Å². The van der Waals surface area contributed by atoms with E-state index >= 15 is 0 Å². The van der Waals surface area contributed by atoms with Crippen molar-refractivity contribution in [2.75, 3.05) is 46.0 Å². The van der Waals surface area contributed by atoms with Crippen LogP contribution in [0.1, 0.15) is 10.4 Å². The van der Waals surface area contributed by atoms with E-state index in [0.717, 1.165) is 10.2 Å². The molecule has 2 heterocycles. The number of rotatable bonds is 6. The van der Waals surface area contributed by atoms with Crippen LogP contribution < -0.4 is 19.1 Å². The quantitative estimate of drug-likeness (QED) is 0.634. The summed E-state index contributed by atoms with van der Waals surface area (Å²) < 4.78 is 17.2. The van der Waals surface area contributed by atoms with Crippen molar-refractivity contribution in [2.45, 2.75) is 0 Å². The van der Waals surface area contributed by atoms with E-state index < -0.39 is 0 Å². The minimum Gasteiger partial charge on any atom is -0.494 e. The molecule has 2 aromatic carbocycles. The average molecular weight is 399 g/mol. The number of carbonyl (C=O) groups is 1. The van der Waals surface area contributed by atoms with Crippen molar-refractivity contribution in [3.8, 4) is 17.2 Å². The van der Waals surface area contributed by atoms with E-state index in [1.54, 1.807) is 30.2 Å². The van der Waals surface area contributed by atoms with Crippen molar-refractivity contribution < 1.29 is 19.0 Å². The summed E-state index contributed by atoms with van der Waals surface area (Å²) in [7, 11) is 5.57. The second-order valence-corrected chi connectivity index (χ2v) is 7.64. The topological polar surface area (TPSA) is 64.1 Å². The third-order valence-corrected chi connectivity index (χ3v) is 5.50. The van der Waals surface area contributed by atoms with Gasteiger partial charge in [0.05, 0.1) is 11.8 Å². The van der Waals surface area contributed by atoms with Gasteiger partial charge in [-0.25, -0.2) is 4.98 Å². The minimum atomic E-state index is -0.127. The molecule has 0 spiro atoms. The molecule has 0 saturated heterocycles. The number of likely N-dealkylation sites (N-methyl/N-ethyl adjacent to an activating group) is 1. The highest BCUT2D eigenvalue weighted by atomic mass is 32.1. The number of thiazole rings is 1. The zero-order valence-corrected chi connectivity index (χ0v) is 16.8. The summed E-state index contributed by atoms with van der Waals surface area (Å²) in [6.07, 6.45) is 0. The smallest absolute Gasteiger partial charge is 0.260 e. The summed E-state index contributed by atoms with van der Waals surface area (Å²) >= 11 is 1.47. The molecule has 28 heavy (non-hydrogen) atoms. The van der Waals surface area contributed by atoms with Crippen LogP contribution in [0.25, 0.3) is 10.2 Å². The number of aromatic nitrogens is 1. The molecule has 0 N–H and O–H groups in total. The van der Waals surface area contributed by atoms with Gasteiger partial charge in [-0.3, -0.25) is 9.69 Å². The zero-order valence-electron chi connectivity index (χ0n) is 16.0. The lowest BCUT2D eigenvalue weighted by molar-refractivity contribution is 0.0984. The number of methoxy groups -OCH3 is 1. The van der Waals surface area contributed by atoms with Crippen LogP contribution in [0.4, 0.5) is 5.13 Å². The molecule has 0 aliphatic carbocycles. The molecule has 146 valence electrons. The molecule has 4 rings (SSSR count). The van der Waals surface area contributed by atoms with Gasteiger partial charge < -0.3 is 19.1 Å². The Labute approximate surface area is 167 Å². The first-order chi connectivity index (χ1) is 13.6. The van der Waals surface area contributed by atoms with Crippen LogP contribution in [-0.4, -0.2) is 56.9 Å². The molecule has 1 aliphatic heterocycles. The van der Waals surface area contributed by atoms with Crippen LogP contribution in [0.15, 0.2) is 36.4 Å². The maximum absolute atomic E-state index is 13.3. The summed E-state index contributed by atoms with van der Waals surface area (Å²) in [6.45, 7) is 1.40. The Morgan fingerprint density at radius 3 is 2.79 bits per heavy atom. The van der Waals surface area contributed by atoms with E-state index in [0.29, 0.717) is 41.0 Å². The number of amides is 1. The number of nitrogens with zero attached hydrogens (tertiary/aromatic N) is 3. The summed E-state index contributed by atoms with van der Waals surface area (Å²) in [5.74, 6) is 1.81. The highest BCUT2D eigenvalue weighted by Gasteiger charge is 2.24. The molecule has 1 amide bonds. The molecule has 1 aliphatic rings. The van der Waals surface area contributed by atoms with E-state index in [1.165, 1.54) is 11.3 Å². The van der Waals surface area contributed by atoms with E-state index in [-0.39, 0.29) is 12.7 Å². The van der Waals surface area contributed by atoms with Crippen LogP contribution in [-0.2, 0) is 0 Å². The standard InChI is InChI=1S/C20H21N3O4S/c1-22(2)9-10-23(19(24)13-7-8-14-16(11-13)27-12-26-14)20-21-18-15(25-3)5-4-6-17(18)28-20/h4-8,11H,9-10,12H2,1-3H3. The highest BCUT2D eigenvalue weighted by molar-refractivity contribution is 7.22. The molecule has 0 radical (unpaired) electrons. The van der Waals surface area contributed by atoms with Gasteiger partial charge >= 0.3 is 0 Å². The molecule has 0 atom stereocenters. The Kier molecular flexibility index (Phi) is 5.06. The van der Waals surface area contributed by atoms with Gasteiger partial charge in [-0.2, -0.15) is 0 Å². The first-order valence-electron chi connectivity index (χ1n) is 8.86. The Bertz CT molecular complexity index is 1020. The predicted octanol–water partition coefficient (Wildman–Crippen LogP) is 3.24. The average Bonchev–Trinajstić information content (AvgIpc) is 3.33. The number of anilines is 1. The largest absolute Gasteiger partial charge is 0.494 e. The lowest BCUT2D eigenvalue weighted by Gasteiger charge is -2.22. The monoisotopic (exact) mass is 399 g/mol. The van der Waals surface area contributed by atoms with Gasteiger partial charge in [-0.15, -0.1) is 0 Å². The van der Waals surface area contributed by atoms with Gasteiger partial charge in [0.15, 0.2) is 16.6 Å². The van der Waals surface area contributed by atoms with Gasteiger partial charge in [0, 0.05) is 18.7 Å². The molecule has 0 saturated carbocycles. The number of fused-ring (bicyclic) bond motifs is 2. The number of hydrogen-bond acceptors (Lipinski definition) is 7. The molecule has 3 aromatic rings. The highest BCUT2D eigenvalue weighted by Crippen LogP contribution is 2.36. The third kappa shape index (κ3) is 3.48. The fourth-order valence-electron chi connectivity index (χ4n) is 2.96.